The second-order valence-corrected chi connectivity index (χ2v) is 4.93. The average molecular weight is 325 g/mol. The maximum absolute atomic E-state index is 13.4. The number of halogens is 3. The summed E-state index contributed by atoms with van der Waals surface area (Å²) in [7, 11) is 0. The van der Waals surface area contributed by atoms with Gasteiger partial charge in [0.2, 0.25) is 0 Å². The highest BCUT2D eigenvalue weighted by molar-refractivity contribution is 6.43. The maximum Gasteiger partial charge on any atom is 0.314 e. The number of aryl methyl sites for hydroxylation is 1. The number of rotatable bonds is 2. The third kappa shape index (κ3) is 3.79. The molecular formula is C15H11ClF2N2O2. The molecule has 2 N–H and O–H groups in total. The lowest BCUT2D eigenvalue weighted by Gasteiger charge is -2.09. The number of benzene rings is 2. The van der Waals surface area contributed by atoms with Crippen molar-refractivity contribution in [3.8, 4) is 0 Å². The molecule has 0 bridgehead atoms. The van der Waals surface area contributed by atoms with E-state index in [1.54, 1.807) is 19.1 Å². The SMILES string of the molecule is Cc1ccc(Cl)cc1NC(=O)C(=O)Nc1cc(F)ccc1F. The van der Waals surface area contributed by atoms with Crippen molar-refractivity contribution in [2.24, 2.45) is 0 Å². The van der Waals surface area contributed by atoms with E-state index in [1.807, 2.05) is 5.32 Å². The lowest BCUT2D eigenvalue weighted by molar-refractivity contribution is -0.133. The van der Waals surface area contributed by atoms with E-state index in [0.29, 0.717) is 16.3 Å². The van der Waals surface area contributed by atoms with Gasteiger partial charge < -0.3 is 10.6 Å². The molecule has 2 amide bonds. The number of hydrogen-bond acceptors (Lipinski definition) is 2. The Morgan fingerprint density at radius 3 is 2.27 bits per heavy atom. The molecule has 0 radical (unpaired) electrons. The molecule has 0 fully saturated rings. The van der Waals surface area contributed by atoms with E-state index in [1.165, 1.54) is 6.07 Å². The van der Waals surface area contributed by atoms with Crippen LogP contribution in [0, 0.1) is 18.6 Å². The predicted molar refractivity (Wildman–Crippen MR) is 79.8 cm³/mol. The van der Waals surface area contributed by atoms with Crippen LogP contribution in [0.1, 0.15) is 5.56 Å². The zero-order chi connectivity index (χ0) is 16.3. The van der Waals surface area contributed by atoms with Gasteiger partial charge in [0.25, 0.3) is 0 Å². The van der Waals surface area contributed by atoms with Gasteiger partial charge in [0.05, 0.1) is 5.69 Å². The summed E-state index contributed by atoms with van der Waals surface area (Å²) in [5, 5.41) is 4.75. The maximum atomic E-state index is 13.4. The van der Waals surface area contributed by atoms with Crippen LogP contribution in [0.25, 0.3) is 0 Å². The summed E-state index contributed by atoms with van der Waals surface area (Å²) in [5.74, 6) is -3.72. The first kappa shape index (κ1) is 15.9. The molecule has 0 aliphatic carbocycles. The van der Waals surface area contributed by atoms with Crippen molar-refractivity contribution in [1.29, 1.82) is 0 Å². The van der Waals surface area contributed by atoms with Gasteiger partial charge >= 0.3 is 11.8 Å². The smallest absolute Gasteiger partial charge is 0.314 e. The summed E-state index contributed by atoms with van der Waals surface area (Å²) in [4.78, 5) is 23.5. The van der Waals surface area contributed by atoms with E-state index < -0.39 is 29.1 Å². The van der Waals surface area contributed by atoms with Gasteiger partial charge in [-0.25, -0.2) is 8.78 Å². The molecule has 0 spiro atoms. The minimum atomic E-state index is -1.12. The van der Waals surface area contributed by atoms with Crippen molar-refractivity contribution in [3.63, 3.8) is 0 Å². The number of carbonyl (C=O) groups is 2. The van der Waals surface area contributed by atoms with Crippen LogP contribution >= 0.6 is 11.6 Å². The minimum absolute atomic E-state index is 0.354. The molecule has 2 aromatic carbocycles. The Morgan fingerprint density at radius 1 is 0.955 bits per heavy atom. The standard InChI is InChI=1S/C15H11ClF2N2O2/c1-8-2-3-9(16)6-12(8)19-14(21)15(22)20-13-7-10(17)4-5-11(13)18/h2-7H,1H3,(H,19,21)(H,20,22). The highest BCUT2D eigenvalue weighted by Crippen LogP contribution is 2.20. The molecule has 22 heavy (non-hydrogen) atoms. The number of carbonyl (C=O) groups excluding carboxylic acids is 2. The molecule has 114 valence electrons. The van der Waals surface area contributed by atoms with Gasteiger partial charge in [-0.2, -0.15) is 0 Å². The van der Waals surface area contributed by atoms with E-state index >= 15 is 0 Å². The Balaban J connectivity index is 2.11. The average Bonchev–Trinajstić information content (AvgIpc) is 2.46. The summed E-state index contributed by atoms with van der Waals surface area (Å²) in [6, 6.07) is 7.32. The Morgan fingerprint density at radius 2 is 1.59 bits per heavy atom. The molecule has 0 saturated carbocycles. The lowest BCUT2D eigenvalue weighted by atomic mass is 10.2. The van der Waals surface area contributed by atoms with Crippen LogP contribution in [0.5, 0.6) is 0 Å². The molecule has 2 rings (SSSR count). The van der Waals surface area contributed by atoms with Crippen LogP contribution in [0.3, 0.4) is 0 Å². The van der Waals surface area contributed by atoms with Crippen molar-refractivity contribution < 1.29 is 18.4 Å². The van der Waals surface area contributed by atoms with Gasteiger partial charge in [-0.3, -0.25) is 9.59 Å². The highest BCUT2D eigenvalue weighted by atomic mass is 35.5. The number of amides is 2. The Kier molecular flexibility index (Phi) is 4.72. The van der Waals surface area contributed by atoms with Crippen LogP contribution in [0.15, 0.2) is 36.4 Å². The summed E-state index contributed by atoms with van der Waals surface area (Å²) in [5.41, 5.74) is 0.637. The summed E-state index contributed by atoms with van der Waals surface area (Å²) in [6.45, 7) is 1.72. The van der Waals surface area contributed by atoms with Gasteiger partial charge in [0.15, 0.2) is 0 Å². The van der Waals surface area contributed by atoms with Gasteiger partial charge in [0.1, 0.15) is 11.6 Å². The number of hydrogen-bond donors (Lipinski definition) is 2. The zero-order valence-corrected chi connectivity index (χ0v) is 12.2. The van der Waals surface area contributed by atoms with E-state index in [-0.39, 0.29) is 0 Å². The third-order valence-electron chi connectivity index (χ3n) is 2.83. The lowest BCUT2D eigenvalue weighted by Crippen LogP contribution is -2.29. The van der Waals surface area contributed by atoms with Crippen LogP contribution in [-0.2, 0) is 9.59 Å². The van der Waals surface area contributed by atoms with E-state index in [2.05, 4.69) is 5.32 Å². The molecule has 0 saturated heterocycles. The second kappa shape index (κ2) is 6.53. The van der Waals surface area contributed by atoms with Gasteiger partial charge in [-0.05, 0) is 36.8 Å². The Bertz CT molecular complexity index is 687. The molecule has 0 unspecified atom stereocenters. The van der Waals surface area contributed by atoms with E-state index in [9.17, 15) is 18.4 Å². The van der Waals surface area contributed by atoms with Crippen molar-refractivity contribution in [1.82, 2.24) is 0 Å². The van der Waals surface area contributed by atoms with Crippen molar-refractivity contribution >= 4 is 34.8 Å². The molecule has 4 nitrogen and oxygen atoms in total. The molecule has 2 aromatic rings. The second-order valence-electron chi connectivity index (χ2n) is 4.49. The first-order valence-electron chi connectivity index (χ1n) is 6.20. The van der Waals surface area contributed by atoms with Crippen LogP contribution < -0.4 is 10.6 Å². The van der Waals surface area contributed by atoms with Gasteiger partial charge in [-0.15, -0.1) is 0 Å². The van der Waals surface area contributed by atoms with Gasteiger partial charge in [-0.1, -0.05) is 17.7 Å². The Labute approximate surface area is 130 Å². The third-order valence-corrected chi connectivity index (χ3v) is 3.07. The summed E-state index contributed by atoms with van der Waals surface area (Å²) >= 11 is 5.80. The number of anilines is 2. The Hall–Kier alpha value is -2.47. The van der Waals surface area contributed by atoms with Crippen molar-refractivity contribution in [3.05, 3.63) is 58.6 Å². The molecule has 0 heterocycles. The van der Waals surface area contributed by atoms with E-state index in [4.69, 9.17) is 11.6 Å². The number of nitrogens with one attached hydrogen (secondary N) is 2. The first-order chi connectivity index (χ1) is 10.4. The van der Waals surface area contributed by atoms with Crippen molar-refractivity contribution in [2.75, 3.05) is 10.6 Å². The first-order valence-corrected chi connectivity index (χ1v) is 6.58. The van der Waals surface area contributed by atoms with Gasteiger partial charge in [0, 0.05) is 16.8 Å². The quantitative estimate of drug-likeness (QED) is 0.831. The molecule has 0 aromatic heterocycles. The summed E-state index contributed by atoms with van der Waals surface area (Å²) in [6.07, 6.45) is 0. The largest absolute Gasteiger partial charge is 0.317 e. The van der Waals surface area contributed by atoms with Crippen LogP contribution in [0.4, 0.5) is 20.2 Å². The monoisotopic (exact) mass is 324 g/mol. The zero-order valence-electron chi connectivity index (χ0n) is 11.4. The molecule has 0 aliphatic rings. The normalized spacial score (nSPS) is 10.2. The molecule has 7 heteroatoms. The summed E-state index contributed by atoms with van der Waals surface area (Å²) < 4.78 is 26.4. The molecule has 0 aliphatic heterocycles. The fraction of sp³-hybridized carbons (Fsp3) is 0.0667. The fourth-order valence-corrected chi connectivity index (χ4v) is 1.85. The predicted octanol–water partition coefficient (Wildman–Crippen LogP) is 3.50. The molecular weight excluding hydrogens is 314 g/mol. The van der Waals surface area contributed by atoms with Crippen molar-refractivity contribution in [2.45, 2.75) is 6.92 Å². The van der Waals surface area contributed by atoms with Crippen LogP contribution in [0.2, 0.25) is 5.02 Å². The van der Waals surface area contributed by atoms with E-state index in [0.717, 1.165) is 18.2 Å². The highest BCUT2D eigenvalue weighted by Gasteiger charge is 2.17. The minimum Gasteiger partial charge on any atom is -0.317 e. The molecule has 0 atom stereocenters. The van der Waals surface area contributed by atoms with Crippen LogP contribution in [-0.4, -0.2) is 11.8 Å². The fourth-order valence-electron chi connectivity index (χ4n) is 1.68. The topological polar surface area (TPSA) is 58.2 Å².